The Morgan fingerprint density at radius 1 is 1.60 bits per heavy atom. The minimum atomic E-state index is -0.530. The van der Waals surface area contributed by atoms with Gasteiger partial charge < -0.3 is 10.4 Å². The normalized spacial score (nSPS) is 12.3. The van der Waals surface area contributed by atoms with Crippen LogP contribution in [0.25, 0.3) is 0 Å². The summed E-state index contributed by atoms with van der Waals surface area (Å²) in [6.45, 7) is 3.82. The topological polar surface area (TPSA) is 49.3 Å². The monoisotopic (exact) mass is 271 g/mol. The van der Waals surface area contributed by atoms with Crippen molar-refractivity contribution in [3.05, 3.63) is 33.8 Å². The molecule has 1 rings (SSSR count). The molecule has 0 saturated heterocycles. The highest BCUT2D eigenvalue weighted by atomic mass is 79.9. The minimum absolute atomic E-state index is 0.175. The molecule has 1 aromatic rings. The van der Waals surface area contributed by atoms with Gasteiger partial charge in [-0.05, 0) is 41.9 Å². The van der Waals surface area contributed by atoms with Crippen LogP contribution in [0.2, 0.25) is 0 Å². The van der Waals surface area contributed by atoms with Crippen molar-refractivity contribution >= 4 is 21.8 Å². The van der Waals surface area contributed by atoms with E-state index in [4.69, 9.17) is 5.11 Å². The Balaban J connectivity index is 2.77. The molecule has 1 atom stereocenters. The number of rotatable bonds is 3. The van der Waals surface area contributed by atoms with Crippen molar-refractivity contribution in [2.75, 3.05) is 6.54 Å². The van der Waals surface area contributed by atoms with Gasteiger partial charge in [-0.15, -0.1) is 0 Å². The van der Waals surface area contributed by atoms with Gasteiger partial charge >= 0.3 is 0 Å². The lowest BCUT2D eigenvalue weighted by Gasteiger charge is -2.09. The van der Waals surface area contributed by atoms with Gasteiger partial charge in [0.1, 0.15) is 0 Å². The van der Waals surface area contributed by atoms with E-state index >= 15 is 0 Å². The van der Waals surface area contributed by atoms with E-state index in [0.29, 0.717) is 5.56 Å². The lowest BCUT2D eigenvalue weighted by atomic mass is 10.1. The summed E-state index contributed by atoms with van der Waals surface area (Å²) in [6.07, 6.45) is -0.530. The maximum Gasteiger partial charge on any atom is 0.252 e. The number of carbonyl (C=O) groups excluding carboxylic acids is 1. The molecule has 0 fully saturated rings. The van der Waals surface area contributed by atoms with Crippen molar-refractivity contribution in [1.82, 2.24) is 5.32 Å². The predicted octanol–water partition coefficient (Wildman–Crippen LogP) is 1.87. The van der Waals surface area contributed by atoms with Crippen LogP contribution in [-0.2, 0) is 0 Å². The van der Waals surface area contributed by atoms with E-state index in [1.54, 1.807) is 6.92 Å². The lowest BCUT2D eigenvalue weighted by Crippen LogP contribution is -2.30. The van der Waals surface area contributed by atoms with Crippen LogP contribution in [0.4, 0.5) is 0 Å². The SMILES string of the molecule is Cc1ccc(Br)c(C(=O)NC[C@H](C)O)c1. The molecular formula is C11H14BrNO2. The molecule has 15 heavy (non-hydrogen) atoms. The van der Waals surface area contributed by atoms with Crippen LogP contribution in [0.15, 0.2) is 22.7 Å². The molecule has 0 spiro atoms. The van der Waals surface area contributed by atoms with Gasteiger partial charge in [0.15, 0.2) is 0 Å². The van der Waals surface area contributed by atoms with E-state index in [1.165, 1.54) is 0 Å². The van der Waals surface area contributed by atoms with Crippen LogP contribution in [0.5, 0.6) is 0 Å². The molecule has 82 valence electrons. The fourth-order valence-corrected chi connectivity index (χ4v) is 1.58. The number of halogens is 1. The number of benzene rings is 1. The number of carbonyl (C=O) groups is 1. The molecule has 0 heterocycles. The van der Waals surface area contributed by atoms with Gasteiger partial charge in [-0.3, -0.25) is 4.79 Å². The first-order valence-electron chi connectivity index (χ1n) is 4.73. The fourth-order valence-electron chi connectivity index (χ4n) is 1.15. The third kappa shape index (κ3) is 3.64. The van der Waals surface area contributed by atoms with Crippen molar-refractivity contribution < 1.29 is 9.90 Å². The van der Waals surface area contributed by atoms with Gasteiger partial charge in [-0.25, -0.2) is 0 Å². The molecule has 1 aromatic carbocycles. The number of hydrogen-bond donors (Lipinski definition) is 2. The Bertz CT molecular complexity index is 364. The van der Waals surface area contributed by atoms with Crippen LogP contribution < -0.4 is 5.32 Å². The van der Waals surface area contributed by atoms with Gasteiger partial charge in [0, 0.05) is 11.0 Å². The van der Waals surface area contributed by atoms with Gasteiger partial charge in [0.25, 0.3) is 5.91 Å². The molecule has 0 saturated carbocycles. The Kier molecular flexibility index (Phi) is 4.29. The first-order chi connectivity index (χ1) is 7.00. The van der Waals surface area contributed by atoms with Crippen molar-refractivity contribution in [2.45, 2.75) is 20.0 Å². The Hall–Kier alpha value is -0.870. The van der Waals surface area contributed by atoms with E-state index in [9.17, 15) is 4.79 Å². The molecule has 3 nitrogen and oxygen atoms in total. The first kappa shape index (κ1) is 12.2. The molecule has 0 unspecified atom stereocenters. The summed E-state index contributed by atoms with van der Waals surface area (Å²) in [7, 11) is 0. The van der Waals surface area contributed by atoms with Crippen molar-refractivity contribution in [3.8, 4) is 0 Å². The Morgan fingerprint density at radius 2 is 2.27 bits per heavy atom. The van der Waals surface area contributed by atoms with E-state index in [1.807, 2.05) is 25.1 Å². The third-order valence-electron chi connectivity index (χ3n) is 1.92. The molecule has 4 heteroatoms. The van der Waals surface area contributed by atoms with Crippen molar-refractivity contribution in [3.63, 3.8) is 0 Å². The van der Waals surface area contributed by atoms with Gasteiger partial charge in [0.2, 0.25) is 0 Å². The van der Waals surface area contributed by atoms with Gasteiger partial charge in [0.05, 0.1) is 11.7 Å². The zero-order chi connectivity index (χ0) is 11.4. The number of nitrogens with one attached hydrogen (secondary N) is 1. The number of aliphatic hydroxyl groups is 1. The van der Waals surface area contributed by atoms with Crippen molar-refractivity contribution in [2.24, 2.45) is 0 Å². The number of aryl methyl sites for hydroxylation is 1. The second-order valence-corrected chi connectivity index (χ2v) is 4.40. The van der Waals surface area contributed by atoms with Crippen molar-refractivity contribution in [1.29, 1.82) is 0 Å². The molecule has 1 amide bonds. The van der Waals surface area contributed by atoms with E-state index in [2.05, 4.69) is 21.2 Å². The quantitative estimate of drug-likeness (QED) is 0.882. The second-order valence-electron chi connectivity index (χ2n) is 3.54. The Morgan fingerprint density at radius 3 is 2.87 bits per heavy atom. The molecule has 0 aromatic heterocycles. The zero-order valence-electron chi connectivity index (χ0n) is 8.75. The molecule has 0 aliphatic heterocycles. The van der Waals surface area contributed by atoms with Crippen LogP contribution in [0.1, 0.15) is 22.8 Å². The lowest BCUT2D eigenvalue weighted by molar-refractivity contribution is 0.0923. The predicted molar refractivity (Wildman–Crippen MR) is 62.9 cm³/mol. The maximum absolute atomic E-state index is 11.7. The number of aliphatic hydroxyl groups excluding tert-OH is 1. The average molecular weight is 272 g/mol. The summed E-state index contributed by atoms with van der Waals surface area (Å²) in [4.78, 5) is 11.7. The maximum atomic E-state index is 11.7. The summed E-state index contributed by atoms with van der Waals surface area (Å²) < 4.78 is 0.760. The highest BCUT2D eigenvalue weighted by Crippen LogP contribution is 2.17. The highest BCUT2D eigenvalue weighted by Gasteiger charge is 2.10. The van der Waals surface area contributed by atoms with Crippen LogP contribution >= 0.6 is 15.9 Å². The van der Waals surface area contributed by atoms with E-state index < -0.39 is 6.10 Å². The summed E-state index contributed by atoms with van der Waals surface area (Å²) in [6, 6.07) is 5.57. The van der Waals surface area contributed by atoms with Crippen LogP contribution in [0, 0.1) is 6.92 Å². The Labute approximate surface area is 97.6 Å². The average Bonchev–Trinajstić information content (AvgIpc) is 2.18. The zero-order valence-corrected chi connectivity index (χ0v) is 10.3. The van der Waals surface area contributed by atoms with E-state index in [-0.39, 0.29) is 12.5 Å². The summed E-state index contributed by atoms with van der Waals surface area (Å²) in [5.74, 6) is -0.175. The fraction of sp³-hybridized carbons (Fsp3) is 0.364. The number of hydrogen-bond acceptors (Lipinski definition) is 2. The molecule has 0 radical (unpaired) electrons. The minimum Gasteiger partial charge on any atom is -0.392 e. The molecular weight excluding hydrogens is 258 g/mol. The highest BCUT2D eigenvalue weighted by molar-refractivity contribution is 9.10. The summed E-state index contributed by atoms with van der Waals surface area (Å²) in [5.41, 5.74) is 1.62. The van der Waals surface area contributed by atoms with Crippen LogP contribution in [-0.4, -0.2) is 23.7 Å². The smallest absolute Gasteiger partial charge is 0.252 e. The molecule has 0 aliphatic carbocycles. The summed E-state index contributed by atoms with van der Waals surface area (Å²) in [5, 5.41) is 11.7. The number of amides is 1. The van der Waals surface area contributed by atoms with Gasteiger partial charge in [-0.1, -0.05) is 11.6 Å². The second kappa shape index (κ2) is 5.28. The first-order valence-corrected chi connectivity index (χ1v) is 5.52. The summed E-state index contributed by atoms with van der Waals surface area (Å²) >= 11 is 3.31. The van der Waals surface area contributed by atoms with Crippen LogP contribution in [0.3, 0.4) is 0 Å². The van der Waals surface area contributed by atoms with Gasteiger partial charge in [-0.2, -0.15) is 0 Å². The largest absolute Gasteiger partial charge is 0.392 e. The molecule has 2 N–H and O–H groups in total. The standard InChI is InChI=1S/C11H14BrNO2/c1-7-3-4-10(12)9(5-7)11(15)13-6-8(2)14/h3-5,8,14H,6H2,1-2H3,(H,13,15)/t8-/m0/s1. The third-order valence-corrected chi connectivity index (χ3v) is 2.62. The van der Waals surface area contributed by atoms with E-state index in [0.717, 1.165) is 10.0 Å². The molecule has 0 aliphatic rings. The molecule has 0 bridgehead atoms.